The molecule has 17 heavy (non-hydrogen) atoms. The van der Waals surface area contributed by atoms with Gasteiger partial charge < -0.3 is 10.0 Å². The Morgan fingerprint density at radius 3 is 2.65 bits per heavy atom. The summed E-state index contributed by atoms with van der Waals surface area (Å²) in [6, 6.07) is 0.730. The number of carboxylic acid groups (broad SMARTS) is 1. The highest BCUT2D eigenvalue weighted by atomic mass is 35.5. The molecule has 0 aromatic carbocycles. The summed E-state index contributed by atoms with van der Waals surface area (Å²) in [4.78, 5) is 12.8. The molecule has 0 aromatic rings. The van der Waals surface area contributed by atoms with Crippen LogP contribution in [0, 0.1) is 5.92 Å². The molecule has 102 valence electrons. The fourth-order valence-electron chi connectivity index (χ4n) is 2.62. The minimum absolute atomic E-state index is 0. The van der Waals surface area contributed by atoms with Crippen LogP contribution in [-0.4, -0.2) is 35.6 Å². The molecule has 0 amide bonds. The van der Waals surface area contributed by atoms with E-state index in [-0.39, 0.29) is 12.4 Å². The number of aliphatic carboxylic acids is 1. The first-order valence-electron chi connectivity index (χ1n) is 6.51. The van der Waals surface area contributed by atoms with Crippen molar-refractivity contribution in [2.24, 2.45) is 5.92 Å². The van der Waals surface area contributed by atoms with Crippen molar-refractivity contribution in [1.29, 1.82) is 0 Å². The molecule has 3 nitrogen and oxygen atoms in total. The van der Waals surface area contributed by atoms with E-state index in [4.69, 9.17) is 5.11 Å². The van der Waals surface area contributed by atoms with Crippen molar-refractivity contribution >= 4 is 18.4 Å². The molecule has 0 heterocycles. The second-order valence-electron chi connectivity index (χ2n) is 5.26. The van der Waals surface area contributed by atoms with Gasteiger partial charge in [-0.15, -0.1) is 12.4 Å². The van der Waals surface area contributed by atoms with Crippen LogP contribution in [0.5, 0.6) is 0 Å². The molecule has 2 atom stereocenters. The number of hydrogen-bond donors (Lipinski definition) is 1. The van der Waals surface area contributed by atoms with Crippen molar-refractivity contribution in [3.63, 3.8) is 0 Å². The van der Waals surface area contributed by atoms with Gasteiger partial charge in [0.15, 0.2) is 0 Å². The summed E-state index contributed by atoms with van der Waals surface area (Å²) in [7, 11) is 2.18. The lowest BCUT2D eigenvalue weighted by molar-refractivity contribution is -0.137. The minimum atomic E-state index is -0.672. The highest BCUT2D eigenvalue weighted by Crippen LogP contribution is 2.26. The van der Waals surface area contributed by atoms with Crippen LogP contribution >= 0.6 is 12.4 Å². The molecular weight excluding hydrogens is 238 g/mol. The predicted octanol–water partition coefficient (Wildman–Crippen LogP) is 3.17. The molecule has 1 rings (SSSR count). The largest absolute Gasteiger partial charge is 0.481 e. The molecule has 4 heteroatoms. The second-order valence-corrected chi connectivity index (χ2v) is 5.26. The third kappa shape index (κ3) is 6.89. The zero-order chi connectivity index (χ0) is 12.0. The molecule has 2 unspecified atom stereocenters. The average Bonchev–Trinajstić information content (AvgIpc) is 2.24. The zero-order valence-electron chi connectivity index (χ0n) is 11.0. The van der Waals surface area contributed by atoms with Crippen molar-refractivity contribution in [3.8, 4) is 0 Å². The van der Waals surface area contributed by atoms with E-state index < -0.39 is 5.97 Å². The summed E-state index contributed by atoms with van der Waals surface area (Å²) in [5, 5.41) is 8.55. The fourth-order valence-corrected chi connectivity index (χ4v) is 2.62. The minimum Gasteiger partial charge on any atom is -0.481 e. The summed E-state index contributed by atoms with van der Waals surface area (Å²) in [5.41, 5.74) is 0. The molecule has 1 N–H and O–H groups in total. The summed E-state index contributed by atoms with van der Waals surface area (Å²) < 4.78 is 0. The first-order valence-corrected chi connectivity index (χ1v) is 6.51. The summed E-state index contributed by atoms with van der Waals surface area (Å²) in [5.74, 6) is 0.189. The third-order valence-corrected chi connectivity index (χ3v) is 3.68. The Kier molecular flexibility index (Phi) is 8.61. The molecule has 1 fully saturated rings. The maximum Gasteiger partial charge on any atom is 0.303 e. The Labute approximate surface area is 111 Å². The lowest BCUT2D eigenvalue weighted by Gasteiger charge is -2.34. The molecule has 1 aliphatic rings. The predicted molar refractivity (Wildman–Crippen MR) is 72.8 cm³/mol. The SMILES string of the molecule is CC1CCCC(N(C)CCCCC(=O)O)C1.Cl. The van der Waals surface area contributed by atoms with Crippen LogP contribution in [0.2, 0.25) is 0 Å². The lowest BCUT2D eigenvalue weighted by Crippen LogP contribution is -2.36. The zero-order valence-corrected chi connectivity index (χ0v) is 11.8. The summed E-state index contributed by atoms with van der Waals surface area (Å²) in [6.45, 7) is 3.38. The standard InChI is InChI=1S/C13H25NO2.ClH/c1-11-6-5-7-12(10-11)14(2)9-4-3-8-13(15)16;/h11-12H,3-10H2,1-2H3,(H,15,16);1H. The van der Waals surface area contributed by atoms with E-state index in [1.54, 1.807) is 0 Å². The van der Waals surface area contributed by atoms with E-state index in [2.05, 4.69) is 18.9 Å². The topological polar surface area (TPSA) is 40.5 Å². The average molecular weight is 264 g/mol. The number of hydrogen-bond acceptors (Lipinski definition) is 2. The van der Waals surface area contributed by atoms with Crippen molar-refractivity contribution in [3.05, 3.63) is 0 Å². The van der Waals surface area contributed by atoms with E-state index in [9.17, 15) is 4.79 Å². The second kappa shape index (κ2) is 8.76. The maximum absolute atomic E-state index is 10.4. The van der Waals surface area contributed by atoms with Crippen LogP contribution in [0.1, 0.15) is 51.9 Å². The highest BCUT2D eigenvalue weighted by Gasteiger charge is 2.21. The number of carboxylic acids is 1. The summed E-state index contributed by atoms with van der Waals surface area (Å²) in [6.07, 6.45) is 7.49. The van der Waals surface area contributed by atoms with Crippen LogP contribution < -0.4 is 0 Å². The Balaban J connectivity index is 0.00000256. The molecule has 1 saturated carbocycles. The van der Waals surface area contributed by atoms with Gasteiger partial charge in [-0.25, -0.2) is 0 Å². The van der Waals surface area contributed by atoms with Crippen molar-refractivity contribution in [2.45, 2.75) is 57.9 Å². The molecule has 1 aliphatic carbocycles. The van der Waals surface area contributed by atoms with Gasteiger partial charge >= 0.3 is 5.97 Å². The van der Waals surface area contributed by atoms with Gasteiger partial charge in [-0.1, -0.05) is 19.8 Å². The van der Waals surface area contributed by atoms with E-state index in [1.165, 1.54) is 25.7 Å². The quantitative estimate of drug-likeness (QED) is 0.749. The first kappa shape index (κ1) is 16.7. The third-order valence-electron chi connectivity index (χ3n) is 3.68. The van der Waals surface area contributed by atoms with Crippen molar-refractivity contribution in [2.75, 3.05) is 13.6 Å². The first-order chi connectivity index (χ1) is 7.59. The van der Waals surface area contributed by atoms with Crippen LogP contribution in [0.25, 0.3) is 0 Å². The Hall–Kier alpha value is -0.280. The van der Waals surface area contributed by atoms with Crippen LogP contribution in [0.15, 0.2) is 0 Å². The van der Waals surface area contributed by atoms with Crippen molar-refractivity contribution < 1.29 is 9.90 Å². The smallest absolute Gasteiger partial charge is 0.303 e. The van der Waals surface area contributed by atoms with E-state index >= 15 is 0 Å². The molecule has 0 spiro atoms. The molecule has 0 aromatic heterocycles. The Bertz CT molecular complexity index is 223. The van der Waals surface area contributed by atoms with Gasteiger partial charge in [0.05, 0.1) is 0 Å². The Morgan fingerprint density at radius 2 is 2.06 bits per heavy atom. The monoisotopic (exact) mass is 263 g/mol. The van der Waals surface area contributed by atoms with Gasteiger partial charge in [-0.3, -0.25) is 4.79 Å². The van der Waals surface area contributed by atoms with Gasteiger partial charge in [0.1, 0.15) is 0 Å². The normalized spacial score (nSPS) is 24.4. The van der Waals surface area contributed by atoms with Gasteiger partial charge in [-0.2, -0.15) is 0 Å². The number of rotatable bonds is 6. The van der Waals surface area contributed by atoms with E-state index in [0.29, 0.717) is 6.42 Å². The van der Waals surface area contributed by atoms with Gasteiger partial charge in [0.25, 0.3) is 0 Å². The number of halogens is 1. The van der Waals surface area contributed by atoms with Gasteiger partial charge in [0.2, 0.25) is 0 Å². The number of unbranched alkanes of at least 4 members (excludes halogenated alkanes) is 1. The number of carbonyl (C=O) groups is 1. The fraction of sp³-hybridized carbons (Fsp3) is 0.923. The molecule has 0 radical (unpaired) electrons. The highest BCUT2D eigenvalue weighted by molar-refractivity contribution is 5.85. The maximum atomic E-state index is 10.4. The number of nitrogens with zero attached hydrogens (tertiary/aromatic N) is 1. The van der Waals surface area contributed by atoms with Crippen molar-refractivity contribution in [1.82, 2.24) is 4.90 Å². The van der Waals surface area contributed by atoms with Crippen LogP contribution in [0.3, 0.4) is 0 Å². The summed E-state index contributed by atoms with van der Waals surface area (Å²) >= 11 is 0. The van der Waals surface area contributed by atoms with E-state index in [0.717, 1.165) is 31.3 Å². The Morgan fingerprint density at radius 1 is 1.35 bits per heavy atom. The van der Waals surface area contributed by atoms with Gasteiger partial charge in [0, 0.05) is 12.5 Å². The molecule has 0 saturated heterocycles. The van der Waals surface area contributed by atoms with Crippen LogP contribution in [-0.2, 0) is 4.79 Å². The molecular formula is C13H26ClNO2. The van der Waals surface area contributed by atoms with E-state index in [1.807, 2.05) is 0 Å². The molecule has 0 aliphatic heterocycles. The molecule has 0 bridgehead atoms. The lowest BCUT2D eigenvalue weighted by atomic mass is 9.86. The van der Waals surface area contributed by atoms with Crippen LogP contribution in [0.4, 0.5) is 0 Å². The van der Waals surface area contributed by atoms with Gasteiger partial charge in [-0.05, 0) is 45.2 Å².